The zero-order valence-electron chi connectivity index (χ0n) is 17.6. The first-order chi connectivity index (χ1) is 13.9. The number of carbonyl (C=O) groups excluding carboxylic acids is 1. The Labute approximate surface area is 171 Å². The van der Waals surface area contributed by atoms with E-state index in [-0.39, 0.29) is 11.9 Å². The highest BCUT2D eigenvalue weighted by molar-refractivity contribution is 5.79. The second kappa shape index (κ2) is 8.64. The summed E-state index contributed by atoms with van der Waals surface area (Å²) in [6.07, 6.45) is 1.26. The highest BCUT2D eigenvalue weighted by atomic mass is 16.5. The van der Waals surface area contributed by atoms with E-state index in [1.54, 1.807) is 28.4 Å². The van der Waals surface area contributed by atoms with Crippen molar-refractivity contribution in [2.75, 3.05) is 35.0 Å². The van der Waals surface area contributed by atoms with Crippen LogP contribution in [0.2, 0.25) is 0 Å². The molecule has 1 aliphatic heterocycles. The van der Waals surface area contributed by atoms with Crippen molar-refractivity contribution in [2.45, 2.75) is 19.8 Å². The van der Waals surface area contributed by atoms with Gasteiger partial charge in [-0.15, -0.1) is 0 Å². The average Bonchev–Trinajstić information content (AvgIpc) is 3.01. The summed E-state index contributed by atoms with van der Waals surface area (Å²) in [6, 6.07) is 11.6. The van der Waals surface area contributed by atoms with Gasteiger partial charge < -0.3 is 23.7 Å². The highest BCUT2D eigenvalue weighted by Gasteiger charge is 2.48. The first kappa shape index (κ1) is 20.8. The van der Waals surface area contributed by atoms with Crippen LogP contribution >= 0.6 is 0 Å². The fourth-order valence-corrected chi connectivity index (χ4v) is 3.90. The molecule has 0 aromatic heterocycles. The lowest BCUT2D eigenvalue weighted by molar-refractivity contribution is -0.145. The Kier molecular flexibility index (Phi) is 6.20. The minimum Gasteiger partial charge on any atom is -0.493 e. The maximum absolute atomic E-state index is 12.7. The van der Waals surface area contributed by atoms with E-state index >= 15 is 0 Å². The molecule has 3 rings (SSSR count). The predicted molar refractivity (Wildman–Crippen MR) is 109 cm³/mol. The zero-order chi connectivity index (χ0) is 21.0. The molecule has 6 heteroatoms. The van der Waals surface area contributed by atoms with E-state index in [9.17, 15) is 4.79 Å². The number of hydrogen-bond donors (Lipinski definition) is 0. The smallest absolute Gasteiger partial charge is 0.312 e. The summed E-state index contributed by atoms with van der Waals surface area (Å²) in [7, 11) is 6.44. The molecule has 0 saturated carbocycles. The summed E-state index contributed by atoms with van der Waals surface area (Å²) < 4.78 is 26.9. The number of rotatable bonds is 8. The maximum Gasteiger partial charge on any atom is 0.312 e. The molecule has 1 aliphatic rings. The number of carbonyl (C=O) groups is 1. The van der Waals surface area contributed by atoms with Crippen LogP contribution in [-0.4, -0.2) is 41.0 Å². The van der Waals surface area contributed by atoms with Gasteiger partial charge in [-0.1, -0.05) is 12.1 Å². The Morgan fingerprint density at radius 3 is 1.93 bits per heavy atom. The first-order valence-electron chi connectivity index (χ1n) is 9.54. The minimum absolute atomic E-state index is 0.0428. The van der Waals surface area contributed by atoms with Crippen molar-refractivity contribution < 1.29 is 28.5 Å². The molecule has 0 spiro atoms. The van der Waals surface area contributed by atoms with E-state index in [4.69, 9.17) is 23.7 Å². The van der Waals surface area contributed by atoms with E-state index in [2.05, 4.69) is 0 Å². The lowest BCUT2D eigenvalue weighted by Gasteiger charge is -2.27. The summed E-state index contributed by atoms with van der Waals surface area (Å²) in [5.41, 5.74) is 1.44. The molecule has 2 aromatic rings. The lowest BCUT2D eigenvalue weighted by Crippen LogP contribution is -2.33. The number of methoxy groups -OCH3 is 4. The molecule has 0 amide bonds. The summed E-state index contributed by atoms with van der Waals surface area (Å²) >= 11 is 0. The molecule has 29 heavy (non-hydrogen) atoms. The minimum atomic E-state index is -0.632. The van der Waals surface area contributed by atoms with Gasteiger partial charge in [0.2, 0.25) is 0 Å². The van der Waals surface area contributed by atoms with Gasteiger partial charge in [-0.2, -0.15) is 0 Å². The van der Waals surface area contributed by atoms with E-state index in [0.717, 1.165) is 11.1 Å². The zero-order valence-corrected chi connectivity index (χ0v) is 17.6. The quantitative estimate of drug-likeness (QED) is 0.630. The third kappa shape index (κ3) is 4.11. The van der Waals surface area contributed by atoms with Crippen molar-refractivity contribution in [3.63, 3.8) is 0 Å². The summed E-state index contributed by atoms with van der Waals surface area (Å²) in [4.78, 5) is 12.7. The molecular formula is C23H28O6. The normalized spacial score (nSPS) is 20.9. The molecule has 156 valence electrons. The Morgan fingerprint density at radius 2 is 1.38 bits per heavy atom. The van der Waals surface area contributed by atoms with Crippen molar-refractivity contribution in [3.05, 3.63) is 47.5 Å². The number of ether oxygens (including phenoxy) is 5. The molecule has 2 aromatic carbocycles. The van der Waals surface area contributed by atoms with Crippen LogP contribution in [0, 0.1) is 11.3 Å². The molecule has 0 unspecified atom stereocenters. The van der Waals surface area contributed by atoms with Gasteiger partial charge in [0.15, 0.2) is 23.0 Å². The van der Waals surface area contributed by atoms with Crippen LogP contribution < -0.4 is 18.9 Å². The van der Waals surface area contributed by atoms with Gasteiger partial charge in [0, 0.05) is 5.92 Å². The topological polar surface area (TPSA) is 63.2 Å². The van der Waals surface area contributed by atoms with E-state index in [1.165, 1.54) is 0 Å². The molecule has 0 aliphatic carbocycles. The van der Waals surface area contributed by atoms with Gasteiger partial charge in [0.1, 0.15) is 0 Å². The highest BCUT2D eigenvalue weighted by Crippen LogP contribution is 2.42. The third-order valence-electron chi connectivity index (χ3n) is 5.73. The molecule has 2 atom stereocenters. The second-order valence-electron chi connectivity index (χ2n) is 7.47. The lowest BCUT2D eigenvalue weighted by atomic mass is 9.72. The van der Waals surface area contributed by atoms with Crippen LogP contribution in [0.3, 0.4) is 0 Å². The van der Waals surface area contributed by atoms with E-state index in [1.807, 2.05) is 43.3 Å². The number of benzene rings is 2. The standard InChI is InChI=1S/C23H28O6/c1-23(13-16-7-9-19(26-3)21(12-16)28-5)17(14-29-22(23)24)10-15-6-8-18(25-2)20(11-15)27-4/h6-9,11-12,17H,10,13-14H2,1-5H3/t17-,23+/m0/s1. The Morgan fingerprint density at radius 1 is 0.862 bits per heavy atom. The molecule has 1 heterocycles. The van der Waals surface area contributed by atoms with Crippen LogP contribution in [0.25, 0.3) is 0 Å². The summed E-state index contributed by atoms with van der Waals surface area (Å²) in [6.45, 7) is 2.38. The van der Waals surface area contributed by atoms with Gasteiger partial charge >= 0.3 is 5.97 Å². The average molecular weight is 400 g/mol. The predicted octanol–water partition coefficient (Wildman–Crippen LogP) is 3.69. The third-order valence-corrected chi connectivity index (χ3v) is 5.73. The Hall–Kier alpha value is -2.89. The van der Waals surface area contributed by atoms with Crippen LogP contribution in [0.1, 0.15) is 18.1 Å². The van der Waals surface area contributed by atoms with E-state index < -0.39 is 5.41 Å². The fraction of sp³-hybridized carbons (Fsp3) is 0.435. The molecule has 0 N–H and O–H groups in total. The number of hydrogen-bond acceptors (Lipinski definition) is 6. The number of cyclic esters (lactones) is 1. The SMILES string of the molecule is COc1ccc(C[C@H]2COC(=O)[C@]2(C)Cc2ccc(OC)c(OC)c2)cc1OC. The maximum atomic E-state index is 12.7. The van der Waals surface area contributed by atoms with E-state index in [0.29, 0.717) is 42.4 Å². The molecule has 0 bridgehead atoms. The van der Waals surface area contributed by atoms with Crippen molar-refractivity contribution >= 4 is 5.97 Å². The van der Waals surface area contributed by atoms with Crippen molar-refractivity contribution in [3.8, 4) is 23.0 Å². The van der Waals surface area contributed by atoms with Gasteiger partial charge in [-0.05, 0) is 55.2 Å². The first-order valence-corrected chi connectivity index (χ1v) is 9.54. The molecular weight excluding hydrogens is 372 g/mol. The molecule has 6 nitrogen and oxygen atoms in total. The van der Waals surface area contributed by atoms with Gasteiger partial charge in [-0.3, -0.25) is 4.79 Å². The number of esters is 1. The summed E-state index contributed by atoms with van der Waals surface area (Å²) in [5.74, 6) is 2.55. The van der Waals surface area contributed by atoms with Crippen LogP contribution in [0.5, 0.6) is 23.0 Å². The molecule has 1 fully saturated rings. The second-order valence-corrected chi connectivity index (χ2v) is 7.47. The molecule has 0 radical (unpaired) electrons. The summed E-state index contributed by atoms with van der Waals surface area (Å²) in [5, 5.41) is 0. The largest absolute Gasteiger partial charge is 0.493 e. The van der Waals surface area contributed by atoms with Gasteiger partial charge in [0.05, 0.1) is 40.5 Å². The monoisotopic (exact) mass is 400 g/mol. The van der Waals surface area contributed by atoms with Crippen molar-refractivity contribution in [1.82, 2.24) is 0 Å². The Balaban J connectivity index is 1.84. The van der Waals surface area contributed by atoms with Crippen LogP contribution in [-0.2, 0) is 22.4 Å². The molecule has 1 saturated heterocycles. The van der Waals surface area contributed by atoms with Crippen LogP contribution in [0.4, 0.5) is 0 Å². The fourth-order valence-electron chi connectivity index (χ4n) is 3.90. The van der Waals surface area contributed by atoms with Crippen molar-refractivity contribution in [2.24, 2.45) is 11.3 Å². The van der Waals surface area contributed by atoms with Crippen LogP contribution in [0.15, 0.2) is 36.4 Å². The van der Waals surface area contributed by atoms with Gasteiger partial charge in [0.25, 0.3) is 0 Å². The van der Waals surface area contributed by atoms with Gasteiger partial charge in [-0.25, -0.2) is 0 Å². The van der Waals surface area contributed by atoms with Crippen molar-refractivity contribution in [1.29, 1.82) is 0 Å². The Bertz CT molecular complexity index is 878.